The molecule has 1 unspecified atom stereocenters. The number of halogens is 11. The lowest BCUT2D eigenvalue weighted by atomic mass is 10.00. The molecule has 0 aromatic rings. The molecule has 2 aliphatic heterocycles. The van der Waals surface area contributed by atoms with Gasteiger partial charge in [0.25, 0.3) is 9.87 Å². The Balaban J connectivity index is 2.92. The maximum absolute atomic E-state index is 14.5. The van der Waals surface area contributed by atoms with Gasteiger partial charge >= 0.3 is 18.5 Å². The Labute approximate surface area is 130 Å². The summed E-state index contributed by atoms with van der Waals surface area (Å²) in [5.74, 6) is -3.68. The van der Waals surface area contributed by atoms with Gasteiger partial charge in [0.05, 0.1) is 5.70 Å². The van der Waals surface area contributed by atoms with E-state index in [2.05, 4.69) is 0 Å². The molecule has 0 spiro atoms. The molecule has 0 amide bonds. The highest BCUT2D eigenvalue weighted by Gasteiger charge is 2.82. The fourth-order valence-electron chi connectivity index (χ4n) is 2.17. The second kappa shape index (κ2) is 5.05. The Bertz CT molecular complexity index is 609. The SMILES string of the molecule is FC(=C1N2C=CC=CC2(F)SC1(C(F)(F)F)C(F)(F)F)C(F)(F)F. The molecule has 0 radical (unpaired) electrons. The highest BCUT2D eigenvalue weighted by Crippen LogP contribution is 2.68. The van der Waals surface area contributed by atoms with E-state index in [1.165, 1.54) is 0 Å². The van der Waals surface area contributed by atoms with Crippen LogP contribution in [0.5, 0.6) is 0 Å². The number of thioether (sulfide) groups is 1. The van der Waals surface area contributed by atoms with Crippen LogP contribution < -0.4 is 0 Å². The predicted molar refractivity (Wildman–Crippen MR) is 60.6 cm³/mol. The van der Waals surface area contributed by atoms with Crippen LogP contribution in [0.3, 0.4) is 0 Å². The van der Waals surface area contributed by atoms with Gasteiger partial charge in [-0.3, -0.25) is 0 Å². The smallest absolute Gasteiger partial charge is 0.302 e. The first-order chi connectivity index (χ1) is 10.6. The van der Waals surface area contributed by atoms with E-state index in [0.717, 1.165) is 0 Å². The van der Waals surface area contributed by atoms with E-state index in [9.17, 15) is 48.3 Å². The van der Waals surface area contributed by atoms with Crippen molar-refractivity contribution >= 4 is 11.8 Å². The minimum atomic E-state index is -6.47. The van der Waals surface area contributed by atoms with E-state index in [4.69, 9.17) is 0 Å². The first kappa shape index (κ1) is 18.9. The quantitative estimate of drug-likeness (QED) is 0.405. The van der Waals surface area contributed by atoms with Crippen LogP contribution in [0.2, 0.25) is 0 Å². The van der Waals surface area contributed by atoms with Crippen molar-refractivity contribution in [3.05, 3.63) is 36.0 Å². The van der Waals surface area contributed by atoms with Gasteiger partial charge in [0, 0.05) is 6.20 Å². The molecular weight excluding hydrogens is 387 g/mol. The minimum Gasteiger partial charge on any atom is -0.302 e. The minimum absolute atomic E-state index is 0.167. The van der Waals surface area contributed by atoms with Gasteiger partial charge in [-0.2, -0.15) is 43.9 Å². The second-order valence-electron chi connectivity index (χ2n) is 4.62. The molecule has 0 aromatic carbocycles. The number of hydrogen-bond donors (Lipinski definition) is 0. The topological polar surface area (TPSA) is 3.24 Å². The Morgan fingerprint density at radius 1 is 0.917 bits per heavy atom. The van der Waals surface area contributed by atoms with E-state index in [1.807, 2.05) is 0 Å². The number of fused-ring (bicyclic) bond motifs is 1. The van der Waals surface area contributed by atoms with Crippen molar-refractivity contribution in [1.29, 1.82) is 0 Å². The van der Waals surface area contributed by atoms with Gasteiger partial charge in [-0.05, 0) is 12.2 Å². The van der Waals surface area contributed by atoms with Crippen LogP contribution in [-0.2, 0) is 0 Å². The molecule has 0 N–H and O–H groups in total. The van der Waals surface area contributed by atoms with Crippen LogP contribution >= 0.6 is 11.8 Å². The lowest BCUT2D eigenvalue weighted by Gasteiger charge is -2.34. The number of nitrogens with zero attached hydrogens (tertiary/aromatic N) is 1. The first-order valence-corrected chi connectivity index (χ1v) is 6.55. The highest BCUT2D eigenvalue weighted by molar-refractivity contribution is 8.02. The lowest BCUT2D eigenvalue weighted by Crippen LogP contribution is -2.55. The maximum Gasteiger partial charge on any atom is 0.444 e. The van der Waals surface area contributed by atoms with Gasteiger partial charge in [0.2, 0.25) is 5.83 Å². The van der Waals surface area contributed by atoms with Gasteiger partial charge in [0.15, 0.2) is 0 Å². The normalized spacial score (nSPS) is 29.0. The van der Waals surface area contributed by atoms with Crippen molar-refractivity contribution in [2.24, 2.45) is 0 Å². The first-order valence-electron chi connectivity index (χ1n) is 5.73. The molecule has 0 aromatic heterocycles. The molecule has 1 fully saturated rings. The van der Waals surface area contributed by atoms with Crippen LogP contribution in [0.1, 0.15) is 0 Å². The molecule has 2 rings (SSSR count). The summed E-state index contributed by atoms with van der Waals surface area (Å²) in [6, 6.07) is 0. The summed E-state index contributed by atoms with van der Waals surface area (Å²) in [6.07, 6.45) is -17.4. The zero-order valence-electron chi connectivity index (χ0n) is 10.8. The number of allylic oxidation sites excluding steroid dienone is 3. The molecule has 2 heterocycles. The zero-order chi connectivity index (χ0) is 18.8. The van der Waals surface area contributed by atoms with Gasteiger partial charge in [0.1, 0.15) is 0 Å². The summed E-state index contributed by atoms with van der Waals surface area (Å²) in [6.45, 7) is 0. The molecule has 1 atom stereocenters. The Kier molecular flexibility index (Phi) is 3.98. The summed E-state index contributed by atoms with van der Waals surface area (Å²) in [7, 11) is 0. The molecular formula is C11H4F11NS. The van der Waals surface area contributed by atoms with Crippen molar-refractivity contribution in [2.75, 3.05) is 0 Å². The van der Waals surface area contributed by atoms with E-state index >= 15 is 0 Å². The van der Waals surface area contributed by atoms with E-state index in [0.29, 0.717) is 12.2 Å². The van der Waals surface area contributed by atoms with Crippen LogP contribution in [0.25, 0.3) is 0 Å². The Morgan fingerprint density at radius 2 is 1.42 bits per heavy atom. The summed E-state index contributed by atoms with van der Waals surface area (Å²) in [5, 5.41) is -3.70. The molecule has 0 bridgehead atoms. The molecule has 24 heavy (non-hydrogen) atoms. The van der Waals surface area contributed by atoms with Crippen LogP contribution in [0, 0.1) is 0 Å². The van der Waals surface area contributed by atoms with Gasteiger partial charge in [-0.25, -0.2) is 4.39 Å². The second-order valence-corrected chi connectivity index (χ2v) is 6.01. The standard InChI is InChI=1S/C11H4F11NS/c12-5(9(14,15)16)6-8(10(17,18)19,11(20,21)22)24-7(13)3-1-2-4-23(6)7/h1-4H. The fourth-order valence-corrected chi connectivity index (χ4v) is 3.52. The average Bonchev–Trinajstić information content (AvgIpc) is 2.65. The maximum atomic E-state index is 14.5. The Morgan fingerprint density at radius 3 is 1.83 bits per heavy atom. The molecule has 0 saturated carbocycles. The third-order valence-corrected chi connectivity index (χ3v) is 4.68. The molecule has 136 valence electrons. The lowest BCUT2D eigenvalue weighted by molar-refractivity contribution is -0.256. The van der Waals surface area contributed by atoms with Crippen molar-refractivity contribution in [3.8, 4) is 0 Å². The van der Waals surface area contributed by atoms with Crippen LogP contribution in [0.15, 0.2) is 36.0 Å². The third-order valence-electron chi connectivity index (χ3n) is 3.10. The molecule has 13 heteroatoms. The summed E-state index contributed by atoms with van der Waals surface area (Å²) >= 11 is -1.52. The predicted octanol–water partition coefficient (Wildman–Crippen LogP) is 5.35. The number of hydrogen-bond acceptors (Lipinski definition) is 2. The average molecular weight is 391 g/mol. The monoisotopic (exact) mass is 391 g/mol. The summed E-state index contributed by atoms with van der Waals surface area (Å²) in [5.41, 5.74) is -2.90. The zero-order valence-corrected chi connectivity index (χ0v) is 11.6. The third kappa shape index (κ3) is 2.47. The van der Waals surface area contributed by atoms with Crippen LogP contribution in [0.4, 0.5) is 48.3 Å². The molecule has 2 aliphatic rings. The van der Waals surface area contributed by atoms with Gasteiger partial charge < -0.3 is 4.90 Å². The Hall–Kier alpha value is -1.40. The molecule has 0 aliphatic carbocycles. The van der Waals surface area contributed by atoms with Crippen LogP contribution in [-0.4, -0.2) is 33.3 Å². The van der Waals surface area contributed by atoms with E-state index in [1.54, 1.807) is 0 Å². The molecule has 1 nitrogen and oxygen atoms in total. The number of alkyl halides is 10. The van der Waals surface area contributed by atoms with Gasteiger partial charge in [-0.1, -0.05) is 17.8 Å². The van der Waals surface area contributed by atoms with Crippen molar-refractivity contribution in [3.63, 3.8) is 0 Å². The van der Waals surface area contributed by atoms with E-state index < -0.39 is 56.6 Å². The van der Waals surface area contributed by atoms with Gasteiger partial charge in [-0.15, -0.1) is 0 Å². The highest BCUT2D eigenvalue weighted by atomic mass is 32.2. The van der Waals surface area contributed by atoms with E-state index in [-0.39, 0.29) is 12.3 Å². The molecule has 1 saturated heterocycles. The van der Waals surface area contributed by atoms with Crippen molar-refractivity contribution in [2.45, 2.75) is 28.4 Å². The summed E-state index contributed by atoms with van der Waals surface area (Å²) in [4.78, 5) is -0.651. The largest absolute Gasteiger partial charge is 0.444 e. The number of rotatable bonds is 0. The summed E-state index contributed by atoms with van der Waals surface area (Å²) < 4.78 is 139. The fraction of sp³-hybridized carbons (Fsp3) is 0.455. The van der Waals surface area contributed by atoms with Crippen molar-refractivity contribution in [1.82, 2.24) is 4.90 Å². The van der Waals surface area contributed by atoms with Crippen molar-refractivity contribution < 1.29 is 48.3 Å².